The zero-order valence-electron chi connectivity index (χ0n) is 16.3. The molecule has 1 heterocycles. The van der Waals surface area contributed by atoms with Crippen LogP contribution in [0.25, 0.3) is 0 Å². The van der Waals surface area contributed by atoms with Crippen molar-refractivity contribution in [2.75, 3.05) is 5.32 Å². The number of anilines is 1. The number of nitrogens with zero attached hydrogens (tertiary/aromatic N) is 1. The predicted octanol–water partition coefficient (Wildman–Crippen LogP) is 4.33. The molecule has 1 aromatic carbocycles. The van der Waals surface area contributed by atoms with Crippen LogP contribution >= 0.6 is 11.8 Å². The number of aromatic amines is 1. The molecule has 2 rings (SSSR count). The van der Waals surface area contributed by atoms with Gasteiger partial charge < -0.3 is 10.3 Å². The molecule has 0 radical (unpaired) electrons. The second-order valence-electron chi connectivity index (χ2n) is 6.91. The molecular formula is C20H27N3O2S. The van der Waals surface area contributed by atoms with Gasteiger partial charge in [-0.3, -0.25) is 9.59 Å². The van der Waals surface area contributed by atoms with E-state index in [1.54, 1.807) is 0 Å². The molecule has 26 heavy (non-hydrogen) atoms. The largest absolute Gasteiger partial charge is 0.325 e. The Bertz CT molecular complexity index is 835. The highest BCUT2D eigenvalue weighted by Crippen LogP contribution is 2.27. The van der Waals surface area contributed by atoms with Gasteiger partial charge in [0.1, 0.15) is 0 Å². The number of carbonyl (C=O) groups excluding carboxylic acids is 1. The standard InChI is InChI=1S/C20H27N3O2S/c1-7-16(26-20-21-15(11(2)3)10-17(24)22-20)19(25)23-18-13(5)8-12(4)9-14(18)6/h8-11,16H,7H2,1-6H3,(H,23,25)(H,21,22,24). The minimum absolute atomic E-state index is 0.0786. The van der Waals surface area contributed by atoms with Crippen molar-refractivity contribution >= 4 is 23.4 Å². The molecule has 1 amide bonds. The van der Waals surface area contributed by atoms with Gasteiger partial charge in [-0.15, -0.1) is 0 Å². The van der Waals surface area contributed by atoms with Crippen LogP contribution < -0.4 is 10.9 Å². The molecule has 140 valence electrons. The molecule has 2 aromatic rings. The SMILES string of the molecule is CCC(Sc1nc(C(C)C)cc(=O)[nH]1)C(=O)Nc1c(C)cc(C)cc1C. The summed E-state index contributed by atoms with van der Waals surface area (Å²) in [6.07, 6.45) is 0.635. The zero-order valence-corrected chi connectivity index (χ0v) is 17.1. The second kappa shape index (κ2) is 8.54. The van der Waals surface area contributed by atoms with Crippen LogP contribution in [0.4, 0.5) is 5.69 Å². The number of amides is 1. The van der Waals surface area contributed by atoms with E-state index in [2.05, 4.69) is 27.4 Å². The quantitative estimate of drug-likeness (QED) is 0.584. The Morgan fingerprint density at radius 2 is 1.81 bits per heavy atom. The monoisotopic (exact) mass is 373 g/mol. The lowest BCUT2D eigenvalue weighted by molar-refractivity contribution is -0.115. The Hall–Kier alpha value is -2.08. The molecule has 0 fully saturated rings. The second-order valence-corrected chi connectivity index (χ2v) is 8.10. The zero-order chi connectivity index (χ0) is 19.4. The van der Waals surface area contributed by atoms with Gasteiger partial charge in [-0.2, -0.15) is 0 Å². The van der Waals surface area contributed by atoms with E-state index in [0.29, 0.717) is 11.6 Å². The number of H-pyrrole nitrogens is 1. The average molecular weight is 374 g/mol. The predicted molar refractivity (Wildman–Crippen MR) is 108 cm³/mol. The fourth-order valence-corrected chi connectivity index (χ4v) is 3.76. The third kappa shape index (κ3) is 4.97. The highest BCUT2D eigenvalue weighted by Gasteiger charge is 2.21. The Balaban J connectivity index is 2.21. The number of aromatic nitrogens is 2. The number of carbonyl (C=O) groups is 1. The number of rotatable bonds is 6. The van der Waals surface area contributed by atoms with Gasteiger partial charge in [-0.25, -0.2) is 4.98 Å². The highest BCUT2D eigenvalue weighted by molar-refractivity contribution is 8.00. The van der Waals surface area contributed by atoms with Crippen LogP contribution in [0.15, 0.2) is 28.2 Å². The first-order valence-electron chi connectivity index (χ1n) is 8.87. The van der Waals surface area contributed by atoms with E-state index >= 15 is 0 Å². The Kier molecular flexibility index (Phi) is 6.64. The summed E-state index contributed by atoms with van der Waals surface area (Å²) in [4.78, 5) is 31.9. The van der Waals surface area contributed by atoms with Crippen molar-refractivity contribution in [1.29, 1.82) is 0 Å². The number of nitrogens with one attached hydrogen (secondary N) is 2. The molecule has 0 saturated carbocycles. The van der Waals surface area contributed by atoms with Crippen LogP contribution in [0, 0.1) is 20.8 Å². The third-order valence-electron chi connectivity index (χ3n) is 4.17. The topological polar surface area (TPSA) is 74.8 Å². The van der Waals surface area contributed by atoms with Crippen molar-refractivity contribution in [3.05, 3.63) is 50.9 Å². The van der Waals surface area contributed by atoms with Crippen molar-refractivity contribution in [2.24, 2.45) is 0 Å². The minimum atomic E-state index is -0.333. The van der Waals surface area contributed by atoms with Crippen molar-refractivity contribution in [1.82, 2.24) is 9.97 Å². The molecule has 5 nitrogen and oxygen atoms in total. The van der Waals surface area contributed by atoms with Gasteiger partial charge in [0, 0.05) is 11.8 Å². The van der Waals surface area contributed by atoms with E-state index in [9.17, 15) is 9.59 Å². The highest BCUT2D eigenvalue weighted by atomic mass is 32.2. The summed E-state index contributed by atoms with van der Waals surface area (Å²) in [7, 11) is 0. The molecule has 0 bridgehead atoms. The number of hydrogen-bond donors (Lipinski definition) is 2. The van der Waals surface area contributed by atoms with Gasteiger partial charge >= 0.3 is 0 Å². The van der Waals surface area contributed by atoms with Crippen LogP contribution in [0.5, 0.6) is 0 Å². The summed E-state index contributed by atoms with van der Waals surface area (Å²) in [6.45, 7) is 12.0. The van der Waals surface area contributed by atoms with E-state index in [0.717, 1.165) is 22.5 Å². The fourth-order valence-electron chi connectivity index (χ4n) is 2.84. The summed E-state index contributed by atoms with van der Waals surface area (Å²) in [6, 6.07) is 5.62. The van der Waals surface area contributed by atoms with Crippen LogP contribution in [0.1, 0.15) is 55.5 Å². The van der Waals surface area contributed by atoms with Crippen LogP contribution in [-0.4, -0.2) is 21.1 Å². The van der Waals surface area contributed by atoms with Crippen molar-refractivity contribution in [2.45, 2.75) is 64.3 Å². The van der Waals surface area contributed by atoms with E-state index in [1.165, 1.54) is 23.4 Å². The molecule has 1 unspecified atom stereocenters. The molecule has 2 N–H and O–H groups in total. The van der Waals surface area contributed by atoms with E-state index in [4.69, 9.17) is 0 Å². The number of thioether (sulfide) groups is 1. The van der Waals surface area contributed by atoms with Crippen LogP contribution in [0.2, 0.25) is 0 Å². The Labute approximate surface area is 159 Å². The molecule has 0 aliphatic carbocycles. The summed E-state index contributed by atoms with van der Waals surface area (Å²) >= 11 is 1.30. The van der Waals surface area contributed by atoms with Gasteiger partial charge in [-0.05, 0) is 44.2 Å². The van der Waals surface area contributed by atoms with Crippen molar-refractivity contribution in [3.8, 4) is 0 Å². The lowest BCUT2D eigenvalue weighted by atomic mass is 10.0. The molecular weight excluding hydrogens is 346 g/mol. The first-order valence-corrected chi connectivity index (χ1v) is 9.75. The molecule has 0 spiro atoms. The smallest absolute Gasteiger partial charge is 0.251 e. The van der Waals surface area contributed by atoms with Crippen LogP contribution in [-0.2, 0) is 4.79 Å². The van der Waals surface area contributed by atoms with Gasteiger partial charge in [-0.1, -0.05) is 50.2 Å². The molecule has 0 aliphatic rings. The number of hydrogen-bond acceptors (Lipinski definition) is 4. The fraction of sp³-hybridized carbons (Fsp3) is 0.450. The van der Waals surface area contributed by atoms with Crippen molar-refractivity contribution in [3.63, 3.8) is 0 Å². The van der Waals surface area contributed by atoms with Gasteiger partial charge in [0.05, 0.1) is 10.9 Å². The lowest BCUT2D eigenvalue weighted by Crippen LogP contribution is -2.26. The molecule has 1 atom stereocenters. The van der Waals surface area contributed by atoms with Gasteiger partial charge in [0.25, 0.3) is 5.56 Å². The summed E-state index contributed by atoms with van der Waals surface area (Å²) in [5.74, 6) is 0.0774. The summed E-state index contributed by atoms with van der Waals surface area (Å²) in [5.41, 5.74) is 4.67. The van der Waals surface area contributed by atoms with Gasteiger partial charge in [0.2, 0.25) is 5.91 Å². The summed E-state index contributed by atoms with van der Waals surface area (Å²) in [5, 5.41) is 3.20. The Morgan fingerprint density at radius 1 is 1.19 bits per heavy atom. The normalized spacial score (nSPS) is 12.3. The minimum Gasteiger partial charge on any atom is -0.325 e. The maximum atomic E-state index is 12.8. The van der Waals surface area contributed by atoms with E-state index in [-0.39, 0.29) is 22.6 Å². The maximum absolute atomic E-state index is 12.8. The molecule has 0 saturated heterocycles. The average Bonchev–Trinajstić information content (AvgIpc) is 2.55. The van der Waals surface area contributed by atoms with E-state index in [1.807, 2.05) is 41.5 Å². The number of benzene rings is 1. The lowest BCUT2D eigenvalue weighted by Gasteiger charge is -2.18. The summed E-state index contributed by atoms with van der Waals surface area (Å²) < 4.78 is 0. The maximum Gasteiger partial charge on any atom is 0.251 e. The first-order chi connectivity index (χ1) is 12.2. The third-order valence-corrected chi connectivity index (χ3v) is 5.42. The van der Waals surface area contributed by atoms with Crippen molar-refractivity contribution < 1.29 is 4.79 Å². The van der Waals surface area contributed by atoms with Crippen LogP contribution in [0.3, 0.4) is 0 Å². The molecule has 0 aliphatic heterocycles. The molecule has 6 heteroatoms. The van der Waals surface area contributed by atoms with Gasteiger partial charge in [0.15, 0.2) is 5.16 Å². The van der Waals surface area contributed by atoms with E-state index < -0.39 is 0 Å². The first kappa shape index (κ1) is 20.2. The number of aryl methyl sites for hydroxylation is 3. The molecule has 1 aromatic heterocycles. The Morgan fingerprint density at radius 3 is 2.35 bits per heavy atom.